The molecule has 0 amide bonds. The third-order valence-electron chi connectivity index (χ3n) is 1.81. The van der Waals surface area contributed by atoms with Gasteiger partial charge in [-0.3, -0.25) is 0 Å². The zero-order valence-corrected chi connectivity index (χ0v) is 9.60. The first-order chi connectivity index (χ1) is 7.81. The molecule has 1 aromatic rings. The fourth-order valence-electron chi connectivity index (χ4n) is 1.17. The van der Waals surface area contributed by atoms with Gasteiger partial charge in [0.25, 0.3) is 0 Å². The second kappa shape index (κ2) is 6.68. The Labute approximate surface area is 94.5 Å². The first kappa shape index (κ1) is 12.3. The monoisotopic (exact) mass is 225 g/mol. The summed E-state index contributed by atoms with van der Waals surface area (Å²) in [5.41, 5.74) is 0.835. The van der Waals surface area contributed by atoms with Crippen LogP contribution in [-0.4, -0.2) is 27.0 Å². The fraction of sp³-hybridized carbons (Fsp3) is 0.364. The molecule has 0 fully saturated rings. The highest BCUT2D eigenvalue weighted by atomic mass is 17.3. The van der Waals surface area contributed by atoms with Crippen LogP contribution in [-0.2, 0) is 9.88 Å². The van der Waals surface area contributed by atoms with Gasteiger partial charge < -0.3 is 9.47 Å². The first-order valence-corrected chi connectivity index (χ1v) is 4.85. The molecule has 0 bridgehead atoms. The largest absolute Gasteiger partial charge is 0.493 e. The Kier molecular flexibility index (Phi) is 5.15. The highest BCUT2D eigenvalue weighted by molar-refractivity contribution is 5.80. The molecule has 0 aromatic heterocycles. The summed E-state index contributed by atoms with van der Waals surface area (Å²) < 4.78 is 10.6. The van der Waals surface area contributed by atoms with Crippen LogP contribution < -0.4 is 9.47 Å². The van der Waals surface area contributed by atoms with Crippen molar-refractivity contribution in [3.63, 3.8) is 0 Å². The van der Waals surface area contributed by atoms with Crippen LogP contribution in [0.2, 0.25) is 0 Å². The van der Waals surface area contributed by atoms with E-state index in [9.17, 15) is 0 Å². The van der Waals surface area contributed by atoms with Crippen molar-refractivity contribution >= 4 is 6.21 Å². The lowest BCUT2D eigenvalue weighted by atomic mass is 10.2. The summed E-state index contributed by atoms with van der Waals surface area (Å²) in [4.78, 5) is 8.72. The van der Waals surface area contributed by atoms with Crippen LogP contribution in [0, 0.1) is 0 Å². The Balaban J connectivity index is 2.84. The molecule has 0 aliphatic heterocycles. The zero-order chi connectivity index (χ0) is 11.8. The van der Waals surface area contributed by atoms with E-state index < -0.39 is 0 Å². The van der Waals surface area contributed by atoms with Crippen LogP contribution in [0.15, 0.2) is 23.4 Å². The van der Waals surface area contributed by atoms with Gasteiger partial charge in [-0.2, -0.15) is 4.89 Å². The number of ether oxygens (including phenoxy) is 2. The summed E-state index contributed by atoms with van der Waals surface area (Å²) in [5, 5.41) is 3.57. The molecule has 0 atom stereocenters. The smallest absolute Gasteiger partial charge is 0.161 e. The molecule has 0 unspecified atom stereocenters. The molecule has 1 aromatic carbocycles. The van der Waals surface area contributed by atoms with Crippen LogP contribution in [0.4, 0.5) is 0 Å². The summed E-state index contributed by atoms with van der Waals surface area (Å²) in [6.07, 6.45) is 1.52. The summed E-state index contributed by atoms with van der Waals surface area (Å²) >= 11 is 0. The van der Waals surface area contributed by atoms with Crippen molar-refractivity contribution in [2.45, 2.75) is 6.92 Å². The van der Waals surface area contributed by atoms with E-state index in [-0.39, 0.29) is 0 Å². The third kappa shape index (κ3) is 3.43. The molecule has 0 radical (unpaired) electrons. The molecule has 0 aliphatic carbocycles. The van der Waals surface area contributed by atoms with Gasteiger partial charge in [-0.1, -0.05) is 5.16 Å². The number of nitrogens with zero attached hydrogens (tertiary/aromatic N) is 1. The first-order valence-electron chi connectivity index (χ1n) is 4.85. The van der Waals surface area contributed by atoms with Crippen molar-refractivity contribution in [1.29, 1.82) is 0 Å². The van der Waals surface area contributed by atoms with E-state index in [0.717, 1.165) is 5.56 Å². The Morgan fingerprint density at radius 3 is 2.69 bits per heavy atom. The molecular weight excluding hydrogens is 210 g/mol. The minimum atomic E-state index is 0.575. The van der Waals surface area contributed by atoms with E-state index in [1.807, 2.05) is 19.1 Å². The van der Waals surface area contributed by atoms with E-state index >= 15 is 0 Å². The Morgan fingerprint density at radius 2 is 2.06 bits per heavy atom. The van der Waals surface area contributed by atoms with E-state index in [4.69, 9.17) is 9.47 Å². The third-order valence-corrected chi connectivity index (χ3v) is 1.81. The van der Waals surface area contributed by atoms with Gasteiger partial charge in [0.15, 0.2) is 11.5 Å². The average molecular weight is 225 g/mol. The lowest BCUT2D eigenvalue weighted by molar-refractivity contribution is -0.272. The van der Waals surface area contributed by atoms with Crippen molar-refractivity contribution in [3.05, 3.63) is 23.8 Å². The predicted molar refractivity (Wildman–Crippen MR) is 59.9 cm³/mol. The summed E-state index contributed by atoms with van der Waals surface area (Å²) in [6.45, 7) is 2.49. The van der Waals surface area contributed by atoms with Gasteiger partial charge in [0.05, 0.1) is 27.0 Å². The van der Waals surface area contributed by atoms with Crippen molar-refractivity contribution in [3.8, 4) is 11.5 Å². The van der Waals surface area contributed by atoms with Gasteiger partial charge in [-0.05, 0) is 25.1 Å². The van der Waals surface area contributed by atoms with E-state index in [1.165, 1.54) is 13.3 Å². The Bertz CT molecular complexity index is 352. The number of benzene rings is 1. The van der Waals surface area contributed by atoms with Crippen LogP contribution in [0.3, 0.4) is 0 Å². The number of rotatable bonds is 6. The van der Waals surface area contributed by atoms with Gasteiger partial charge >= 0.3 is 0 Å². The molecule has 1 rings (SSSR count). The van der Waals surface area contributed by atoms with Crippen LogP contribution in [0.5, 0.6) is 11.5 Å². The van der Waals surface area contributed by atoms with Crippen LogP contribution >= 0.6 is 0 Å². The maximum atomic E-state index is 5.42. The van der Waals surface area contributed by atoms with E-state index in [2.05, 4.69) is 15.0 Å². The maximum Gasteiger partial charge on any atom is 0.161 e. The van der Waals surface area contributed by atoms with Crippen LogP contribution in [0.25, 0.3) is 0 Å². The molecule has 0 spiro atoms. The van der Waals surface area contributed by atoms with Crippen molar-refractivity contribution in [1.82, 2.24) is 0 Å². The van der Waals surface area contributed by atoms with Crippen molar-refractivity contribution in [2.24, 2.45) is 5.16 Å². The normalized spacial score (nSPS) is 10.4. The topological polar surface area (TPSA) is 49.3 Å². The molecule has 16 heavy (non-hydrogen) atoms. The fourth-order valence-corrected chi connectivity index (χ4v) is 1.17. The van der Waals surface area contributed by atoms with E-state index in [0.29, 0.717) is 18.1 Å². The Hall–Kier alpha value is -1.75. The molecule has 0 N–H and O–H groups in total. The second-order valence-corrected chi connectivity index (χ2v) is 2.82. The standard InChI is InChI=1S/C11H15NO4/c1-4-15-11-7-9(8-12-16-14-3)5-6-10(11)13-2/h5-8H,4H2,1-3H3. The van der Waals surface area contributed by atoms with Gasteiger partial charge in [-0.15, -0.1) is 0 Å². The number of hydrogen-bond acceptors (Lipinski definition) is 5. The molecule has 5 heteroatoms. The number of methoxy groups -OCH3 is 1. The van der Waals surface area contributed by atoms with Crippen molar-refractivity contribution < 1.29 is 19.3 Å². The minimum Gasteiger partial charge on any atom is -0.493 e. The van der Waals surface area contributed by atoms with Gasteiger partial charge in [-0.25, -0.2) is 4.99 Å². The highest BCUT2D eigenvalue weighted by Gasteiger charge is 2.03. The van der Waals surface area contributed by atoms with Gasteiger partial charge in [0, 0.05) is 5.56 Å². The molecule has 88 valence electrons. The molecule has 0 aliphatic rings. The highest BCUT2D eigenvalue weighted by Crippen LogP contribution is 2.27. The number of hydrogen-bond donors (Lipinski definition) is 0. The SMILES string of the molecule is CCOc1cc(C=NOOC)ccc1OC. The van der Waals surface area contributed by atoms with Crippen LogP contribution in [0.1, 0.15) is 12.5 Å². The molecule has 5 nitrogen and oxygen atoms in total. The maximum absolute atomic E-state index is 5.42. The van der Waals surface area contributed by atoms with E-state index in [1.54, 1.807) is 13.2 Å². The summed E-state index contributed by atoms with van der Waals surface area (Å²) in [6, 6.07) is 5.45. The molecule has 0 saturated carbocycles. The molecular formula is C11H15NO4. The minimum absolute atomic E-state index is 0.575. The summed E-state index contributed by atoms with van der Waals surface area (Å²) in [7, 11) is 2.98. The average Bonchev–Trinajstić information content (AvgIpc) is 2.30. The second-order valence-electron chi connectivity index (χ2n) is 2.82. The predicted octanol–water partition coefficient (Wildman–Crippen LogP) is 2.01. The van der Waals surface area contributed by atoms with Gasteiger partial charge in [0.2, 0.25) is 0 Å². The molecule has 0 heterocycles. The lowest BCUT2D eigenvalue weighted by Gasteiger charge is -2.09. The Morgan fingerprint density at radius 1 is 1.25 bits per heavy atom. The van der Waals surface area contributed by atoms with Crippen molar-refractivity contribution in [2.75, 3.05) is 20.8 Å². The number of oxime groups is 1. The zero-order valence-electron chi connectivity index (χ0n) is 9.60. The lowest BCUT2D eigenvalue weighted by Crippen LogP contribution is -1.96. The summed E-state index contributed by atoms with van der Waals surface area (Å²) in [5.74, 6) is 1.36. The van der Waals surface area contributed by atoms with Gasteiger partial charge in [0.1, 0.15) is 0 Å². The molecule has 0 saturated heterocycles. The quantitative estimate of drug-likeness (QED) is 0.422.